The summed E-state index contributed by atoms with van der Waals surface area (Å²) in [5, 5.41) is 8.40. The van der Waals surface area contributed by atoms with Gasteiger partial charge in [0.15, 0.2) is 0 Å². The summed E-state index contributed by atoms with van der Waals surface area (Å²) >= 11 is 6.04. The average Bonchev–Trinajstić information content (AvgIpc) is 2.32. The van der Waals surface area contributed by atoms with Gasteiger partial charge in [-0.1, -0.05) is 11.6 Å². The summed E-state index contributed by atoms with van der Waals surface area (Å²) < 4.78 is 6.03. The Hall–Kier alpha value is -2.07. The zero-order valence-electron chi connectivity index (χ0n) is 12.5. The summed E-state index contributed by atoms with van der Waals surface area (Å²) in [6.07, 6.45) is 0. The lowest BCUT2D eigenvalue weighted by Gasteiger charge is -2.16. The molecule has 3 N–H and O–H groups in total. The Morgan fingerprint density at radius 1 is 1.14 bits per heavy atom. The number of nitrogens with zero attached hydrogens (tertiary/aromatic N) is 1. The van der Waals surface area contributed by atoms with Gasteiger partial charge in [-0.3, -0.25) is 10.4 Å². The maximum absolute atomic E-state index is 7.73. The molecule has 0 unspecified atom stereocenters. The Morgan fingerprint density at radius 2 is 1.71 bits per heavy atom. The summed E-state index contributed by atoms with van der Waals surface area (Å²) in [7, 11) is 0. The van der Waals surface area contributed by atoms with E-state index in [1.165, 1.54) is 0 Å². The number of benzene rings is 1. The minimum Gasteiger partial charge on any atom is -0.456 e. The molecule has 0 aliphatic rings. The fourth-order valence-electron chi connectivity index (χ4n) is 2.37. The Morgan fingerprint density at radius 3 is 2.24 bits per heavy atom. The summed E-state index contributed by atoms with van der Waals surface area (Å²) in [6.45, 7) is 7.56. The number of nitrogens with one attached hydrogen (secondary N) is 1. The highest BCUT2D eigenvalue weighted by Crippen LogP contribution is 2.33. The van der Waals surface area contributed by atoms with Crippen LogP contribution in [0.3, 0.4) is 0 Å². The van der Waals surface area contributed by atoms with Crippen LogP contribution in [0.2, 0.25) is 5.02 Å². The van der Waals surface area contributed by atoms with Gasteiger partial charge in [0.25, 0.3) is 0 Å². The third-order valence-corrected chi connectivity index (χ3v) is 3.42. The molecule has 21 heavy (non-hydrogen) atoms. The predicted molar refractivity (Wildman–Crippen MR) is 85.7 cm³/mol. The van der Waals surface area contributed by atoms with Gasteiger partial charge in [-0.05, 0) is 51.0 Å². The summed E-state index contributed by atoms with van der Waals surface area (Å²) in [5.74, 6) is 1.21. The van der Waals surface area contributed by atoms with Crippen molar-refractivity contribution in [1.82, 2.24) is 4.98 Å². The molecule has 0 amide bonds. The molecule has 0 aliphatic carbocycles. The first-order chi connectivity index (χ1) is 9.79. The van der Waals surface area contributed by atoms with E-state index in [0.29, 0.717) is 22.0 Å². The highest BCUT2D eigenvalue weighted by molar-refractivity contribution is 6.30. The van der Waals surface area contributed by atoms with Crippen molar-refractivity contribution < 1.29 is 4.74 Å². The van der Waals surface area contributed by atoms with Crippen LogP contribution in [0, 0.1) is 33.1 Å². The van der Waals surface area contributed by atoms with E-state index < -0.39 is 0 Å². The number of rotatable bonds is 3. The van der Waals surface area contributed by atoms with Crippen molar-refractivity contribution in [2.45, 2.75) is 27.7 Å². The van der Waals surface area contributed by atoms with Crippen molar-refractivity contribution in [1.29, 1.82) is 5.41 Å². The van der Waals surface area contributed by atoms with Gasteiger partial charge in [0.05, 0.1) is 11.3 Å². The molecular weight excluding hydrogens is 286 g/mol. The zero-order chi connectivity index (χ0) is 15.7. The number of aryl methyl sites for hydroxylation is 4. The topological polar surface area (TPSA) is 72.0 Å². The molecule has 0 fully saturated rings. The van der Waals surface area contributed by atoms with Crippen molar-refractivity contribution in [3.05, 3.63) is 51.3 Å². The molecule has 0 bridgehead atoms. The maximum atomic E-state index is 7.73. The van der Waals surface area contributed by atoms with E-state index in [4.69, 9.17) is 27.5 Å². The Balaban J connectivity index is 2.57. The number of nitrogen functional groups attached to an aromatic ring is 1. The molecule has 0 spiro atoms. The molecule has 0 atom stereocenters. The minimum atomic E-state index is -0.0562. The lowest BCUT2D eigenvalue weighted by atomic mass is 10.1. The van der Waals surface area contributed by atoms with Crippen molar-refractivity contribution in [3.63, 3.8) is 0 Å². The van der Waals surface area contributed by atoms with Crippen LogP contribution in [-0.2, 0) is 0 Å². The van der Waals surface area contributed by atoms with Crippen LogP contribution in [0.1, 0.15) is 28.1 Å². The van der Waals surface area contributed by atoms with Crippen LogP contribution in [0.25, 0.3) is 0 Å². The third-order valence-electron chi connectivity index (χ3n) is 3.20. The van der Waals surface area contributed by atoms with Crippen LogP contribution >= 0.6 is 11.6 Å². The van der Waals surface area contributed by atoms with Crippen molar-refractivity contribution in [2.75, 3.05) is 0 Å². The lowest BCUT2D eigenvalue weighted by molar-refractivity contribution is 0.472. The summed E-state index contributed by atoms with van der Waals surface area (Å²) in [6, 6.07) is 5.48. The molecule has 1 aromatic carbocycles. The van der Waals surface area contributed by atoms with E-state index in [1.807, 2.05) is 39.8 Å². The largest absolute Gasteiger partial charge is 0.456 e. The molecule has 1 heterocycles. The average molecular weight is 304 g/mol. The molecule has 2 aromatic rings. The first-order valence-electron chi connectivity index (χ1n) is 6.57. The summed E-state index contributed by atoms with van der Waals surface area (Å²) in [4.78, 5) is 4.33. The number of amidine groups is 1. The highest BCUT2D eigenvalue weighted by Gasteiger charge is 2.15. The van der Waals surface area contributed by atoms with Crippen molar-refractivity contribution in [3.8, 4) is 11.5 Å². The van der Waals surface area contributed by atoms with Gasteiger partial charge < -0.3 is 10.5 Å². The van der Waals surface area contributed by atoms with Gasteiger partial charge in [-0.15, -0.1) is 0 Å². The number of aromatic nitrogens is 1. The van der Waals surface area contributed by atoms with Gasteiger partial charge in [0.2, 0.25) is 0 Å². The molecule has 0 saturated carbocycles. The second-order valence-corrected chi connectivity index (χ2v) is 5.54. The zero-order valence-corrected chi connectivity index (χ0v) is 13.3. The van der Waals surface area contributed by atoms with Crippen LogP contribution in [-0.4, -0.2) is 10.8 Å². The number of halogens is 1. The summed E-state index contributed by atoms with van der Waals surface area (Å²) in [5.41, 5.74) is 9.55. The van der Waals surface area contributed by atoms with E-state index in [0.717, 1.165) is 22.6 Å². The maximum Gasteiger partial charge on any atom is 0.142 e. The predicted octanol–water partition coefficient (Wildman–Crippen LogP) is 4.05. The normalized spacial score (nSPS) is 10.5. The van der Waals surface area contributed by atoms with E-state index in [-0.39, 0.29) is 5.84 Å². The molecule has 0 saturated heterocycles. The number of ether oxygens (including phenoxy) is 1. The second-order valence-electron chi connectivity index (χ2n) is 5.11. The second kappa shape index (κ2) is 5.74. The Kier molecular flexibility index (Phi) is 4.19. The molecule has 2 rings (SSSR count). The van der Waals surface area contributed by atoms with E-state index in [1.54, 1.807) is 6.07 Å². The van der Waals surface area contributed by atoms with Crippen molar-refractivity contribution >= 4 is 17.4 Å². The van der Waals surface area contributed by atoms with Crippen LogP contribution in [0.5, 0.6) is 11.5 Å². The van der Waals surface area contributed by atoms with Crippen LogP contribution < -0.4 is 10.5 Å². The van der Waals surface area contributed by atoms with Crippen LogP contribution in [0.4, 0.5) is 0 Å². The minimum absolute atomic E-state index is 0.0562. The number of nitrogens with two attached hydrogens (primary N) is 1. The molecule has 0 radical (unpaired) electrons. The van der Waals surface area contributed by atoms with E-state index in [2.05, 4.69) is 4.98 Å². The van der Waals surface area contributed by atoms with E-state index in [9.17, 15) is 0 Å². The molecule has 5 heteroatoms. The first kappa shape index (κ1) is 15.3. The first-order valence-corrected chi connectivity index (χ1v) is 6.94. The van der Waals surface area contributed by atoms with Gasteiger partial charge in [-0.2, -0.15) is 0 Å². The SMILES string of the molecule is Cc1cc(Oc2c(C)cc(Cl)cc2C)c(C(=N)N)c(C)n1. The smallest absolute Gasteiger partial charge is 0.142 e. The molecule has 4 nitrogen and oxygen atoms in total. The number of pyridine rings is 1. The Labute approximate surface area is 129 Å². The number of hydrogen-bond acceptors (Lipinski definition) is 3. The van der Waals surface area contributed by atoms with Crippen molar-refractivity contribution in [2.24, 2.45) is 5.73 Å². The highest BCUT2D eigenvalue weighted by atomic mass is 35.5. The fourth-order valence-corrected chi connectivity index (χ4v) is 2.70. The molecule has 1 aromatic heterocycles. The number of hydrogen-bond donors (Lipinski definition) is 2. The van der Waals surface area contributed by atoms with Gasteiger partial charge in [0, 0.05) is 16.8 Å². The molecular formula is C16H18ClN3O. The molecule has 0 aliphatic heterocycles. The standard InChI is InChI=1S/C16H18ClN3O/c1-8-5-12(17)6-9(2)15(8)21-13-7-10(3)20-11(4)14(13)16(18)19/h5-7H,1-4H3,(H3,18,19). The molecule has 110 valence electrons. The van der Waals surface area contributed by atoms with Gasteiger partial charge >= 0.3 is 0 Å². The quantitative estimate of drug-likeness (QED) is 0.664. The lowest BCUT2D eigenvalue weighted by Crippen LogP contribution is -2.15. The third kappa shape index (κ3) is 3.16. The van der Waals surface area contributed by atoms with E-state index >= 15 is 0 Å². The van der Waals surface area contributed by atoms with Gasteiger partial charge in [0.1, 0.15) is 17.3 Å². The van der Waals surface area contributed by atoms with Crippen LogP contribution in [0.15, 0.2) is 18.2 Å². The van der Waals surface area contributed by atoms with Gasteiger partial charge in [-0.25, -0.2) is 0 Å². The monoisotopic (exact) mass is 303 g/mol. The Bertz CT molecular complexity index is 703. The fraction of sp³-hybridized carbons (Fsp3) is 0.250.